The summed E-state index contributed by atoms with van der Waals surface area (Å²) in [5.41, 5.74) is 0. The summed E-state index contributed by atoms with van der Waals surface area (Å²) in [7, 11) is 0. The lowest BCUT2D eigenvalue weighted by Crippen LogP contribution is -2.03. The van der Waals surface area contributed by atoms with E-state index in [-0.39, 0.29) is 6.42 Å². The Hall–Kier alpha value is -1.32. The van der Waals surface area contributed by atoms with Gasteiger partial charge in [-0.05, 0) is 12.8 Å². The van der Waals surface area contributed by atoms with Gasteiger partial charge in [0.05, 0.1) is 0 Å². The van der Waals surface area contributed by atoms with Crippen molar-refractivity contribution in [2.45, 2.75) is 39.2 Å². The van der Waals surface area contributed by atoms with Crippen molar-refractivity contribution >= 4 is 5.97 Å². The second-order valence-corrected chi connectivity index (χ2v) is 3.24. The molecule has 4 heteroatoms. The van der Waals surface area contributed by atoms with Gasteiger partial charge in [-0.1, -0.05) is 6.92 Å². The SMILES string of the molecule is CCc1nccn1CCCCC(=O)O. The Bertz CT molecular complexity index is 294. The molecule has 0 amide bonds. The van der Waals surface area contributed by atoms with Crippen LogP contribution in [0.25, 0.3) is 0 Å². The first-order valence-electron chi connectivity index (χ1n) is 4.96. The van der Waals surface area contributed by atoms with Gasteiger partial charge in [0.1, 0.15) is 5.82 Å². The molecule has 1 N–H and O–H groups in total. The molecule has 14 heavy (non-hydrogen) atoms. The van der Waals surface area contributed by atoms with Crippen molar-refractivity contribution in [3.63, 3.8) is 0 Å². The number of hydrogen-bond donors (Lipinski definition) is 1. The van der Waals surface area contributed by atoms with Gasteiger partial charge < -0.3 is 9.67 Å². The third-order valence-corrected chi connectivity index (χ3v) is 2.16. The van der Waals surface area contributed by atoms with E-state index < -0.39 is 5.97 Å². The molecule has 78 valence electrons. The lowest BCUT2D eigenvalue weighted by molar-refractivity contribution is -0.137. The molecule has 1 aromatic rings. The number of rotatable bonds is 6. The maximum absolute atomic E-state index is 10.3. The molecular formula is C10H16N2O2. The summed E-state index contributed by atoms with van der Waals surface area (Å²) in [6.45, 7) is 2.94. The quantitative estimate of drug-likeness (QED) is 0.704. The largest absolute Gasteiger partial charge is 0.481 e. The number of nitrogens with zero attached hydrogens (tertiary/aromatic N) is 2. The summed E-state index contributed by atoms with van der Waals surface area (Å²) in [5.74, 6) is 0.353. The van der Waals surface area contributed by atoms with Crippen LogP contribution in [0.15, 0.2) is 12.4 Å². The van der Waals surface area contributed by atoms with Crippen molar-refractivity contribution in [2.75, 3.05) is 0 Å². The molecule has 0 fully saturated rings. The monoisotopic (exact) mass is 196 g/mol. The van der Waals surface area contributed by atoms with Crippen molar-refractivity contribution in [1.29, 1.82) is 0 Å². The van der Waals surface area contributed by atoms with Gasteiger partial charge in [0.15, 0.2) is 0 Å². The van der Waals surface area contributed by atoms with Crippen LogP contribution in [-0.2, 0) is 17.8 Å². The maximum Gasteiger partial charge on any atom is 0.303 e. The predicted molar refractivity (Wildman–Crippen MR) is 53.1 cm³/mol. The van der Waals surface area contributed by atoms with Crippen LogP contribution >= 0.6 is 0 Å². The van der Waals surface area contributed by atoms with Gasteiger partial charge in [-0.15, -0.1) is 0 Å². The Morgan fingerprint density at radius 2 is 2.36 bits per heavy atom. The molecule has 1 rings (SSSR count). The summed E-state index contributed by atoms with van der Waals surface area (Å²) in [4.78, 5) is 14.5. The molecule has 1 aromatic heterocycles. The van der Waals surface area contributed by atoms with Crippen LogP contribution in [0.1, 0.15) is 32.0 Å². The lowest BCUT2D eigenvalue weighted by atomic mass is 10.2. The van der Waals surface area contributed by atoms with Crippen LogP contribution in [-0.4, -0.2) is 20.6 Å². The minimum atomic E-state index is -0.716. The van der Waals surface area contributed by atoms with E-state index in [1.807, 2.05) is 6.20 Å². The van der Waals surface area contributed by atoms with E-state index in [9.17, 15) is 4.79 Å². The van der Waals surface area contributed by atoms with E-state index in [0.29, 0.717) is 0 Å². The first-order chi connectivity index (χ1) is 6.74. The zero-order chi connectivity index (χ0) is 10.4. The van der Waals surface area contributed by atoms with Gasteiger partial charge in [0, 0.05) is 31.8 Å². The number of aryl methyl sites for hydroxylation is 2. The standard InChI is InChI=1S/C10H16N2O2/c1-2-9-11-6-8-12(9)7-4-3-5-10(13)14/h6,8H,2-5,7H2,1H3,(H,13,14). The molecule has 0 radical (unpaired) electrons. The number of aliphatic carboxylic acids is 1. The van der Waals surface area contributed by atoms with Crippen LogP contribution in [0.2, 0.25) is 0 Å². The minimum absolute atomic E-state index is 0.260. The van der Waals surface area contributed by atoms with Crippen molar-refractivity contribution < 1.29 is 9.90 Å². The Balaban J connectivity index is 2.27. The fraction of sp³-hybridized carbons (Fsp3) is 0.600. The van der Waals surface area contributed by atoms with Gasteiger partial charge in [-0.3, -0.25) is 4.79 Å². The van der Waals surface area contributed by atoms with Crippen LogP contribution in [0.3, 0.4) is 0 Å². The highest BCUT2D eigenvalue weighted by atomic mass is 16.4. The highest BCUT2D eigenvalue weighted by molar-refractivity contribution is 5.66. The van der Waals surface area contributed by atoms with Crippen LogP contribution in [0.5, 0.6) is 0 Å². The number of unbranched alkanes of at least 4 members (excludes halogenated alkanes) is 1. The fourth-order valence-corrected chi connectivity index (χ4v) is 1.42. The first-order valence-corrected chi connectivity index (χ1v) is 4.96. The highest BCUT2D eigenvalue weighted by Gasteiger charge is 2.00. The number of aromatic nitrogens is 2. The van der Waals surface area contributed by atoms with Gasteiger partial charge in [-0.2, -0.15) is 0 Å². The smallest absolute Gasteiger partial charge is 0.303 e. The summed E-state index contributed by atoms with van der Waals surface area (Å²) in [6, 6.07) is 0. The molecule has 1 heterocycles. The second kappa shape index (κ2) is 5.42. The second-order valence-electron chi connectivity index (χ2n) is 3.24. The van der Waals surface area contributed by atoms with E-state index in [4.69, 9.17) is 5.11 Å². The van der Waals surface area contributed by atoms with Crippen molar-refractivity contribution in [3.05, 3.63) is 18.2 Å². The van der Waals surface area contributed by atoms with Crippen molar-refractivity contribution in [3.8, 4) is 0 Å². The molecule has 0 unspecified atom stereocenters. The molecule has 0 saturated carbocycles. The molecule has 0 aliphatic rings. The van der Waals surface area contributed by atoms with E-state index in [1.165, 1.54) is 0 Å². The lowest BCUT2D eigenvalue weighted by Gasteiger charge is -2.04. The van der Waals surface area contributed by atoms with Gasteiger partial charge in [0.2, 0.25) is 0 Å². The van der Waals surface area contributed by atoms with Gasteiger partial charge in [-0.25, -0.2) is 4.98 Å². The van der Waals surface area contributed by atoms with E-state index in [2.05, 4.69) is 16.5 Å². The summed E-state index contributed by atoms with van der Waals surface area (Å²) < 4.78 is 2.09. The number of carboxylic acid groups (broad SMARTS) is 1. The third-order valence-electron chi connectivity index (χ3n) is 2.16. The molecule has 0 atom stereocenters. The Morgan fingerprint density at radius 3 is 3.00 bits per heavy atom. The van der Waals surface area contributed by atoms with E-state index in [0.717, 1.165) is 31.6 Å². The minimum Gasteiger partial charge on any atom is -0.481 e. The first kappa shape index (κ1) is 10.8. The Morgan fingerprint density at radius 1 is 1.57 bits per heavy atom. The van der Waals surface area contributed by atoms with Gasteiger partial charge in [0.25, 0.3) is 0 Å². The number of imidazole rings is 1. The molecule has 0 saturated heterocycles. The molecule has 0 aliphatic heterocycles. The van der Waals surface area contributed by atoms with Crippen LogP contribution in [0.4, 0.5) is 0 Å². The Labute approximate surface area is 83.6 Å². The fourth-order valence-electron chi connectivity index (χ4n) is 1.42. The average molecular weight is 196 g/mol. The molecule has 0 aliphatic carbocycles. The summed E-state index contributed by atoms with van der Waals surface area (Å²) in [6.07, 6.45) is 6.55. The van der Waals surface area contributed by atoms with E-state index >= 15 is 0 Å². The zero-order valence-electron chi connectivity index (χ0n) is 8.44. The summed E-state index contributed by atoms with van der Waals surface area (Å²) in [5, 5.41) is 8.45. The van der Waals surface area contributed by atoms with Crippen LogP contribution in [0, 0.1) is 0 Å². The number of carboxylic acids is 1. The average Bonchev–Trinajstić information content (AvgIpc) is 2.59. The van der Waals surface area contributed by atoms with Crippen molar-refractivity contribution in [1.82, 2.24) is 9.55 Å². The molecule has 0 bridgehead atoms. The highest BCUT2D eigenvalue weighted by Crippen LogP contribution is 2.03. The van der Waals surface area contributed by atoms with Crippen LogP contribution < -0.4 is 0 Å². The maximum atomic E-state index is 10.3. The Kier molecular flexibility index (Phi) is 4.16. The molecule has 0 aromatic carbocycles. The van der Waals surface area contributed by atoms with Gasteiger partial charge >= 0.3 is 5.97 Å². The molecular weight excluding hydrogens is 180 g/mol. The summed E-state index contributed by atoms with van der Waals surface area (Å²) >= 11 is 0. The topological polar surface area (TPSA) is 55.1 Å². The van der Waals surface area contributed by atoms with Crippen molar-refractivity contribution in [2.24, 2.45) is 0 Å². The number of carbonyl (C=O) groups is 1. The predicted octanol–water partition coefficient (Wildman–Crippen LogP) is 1.70. The third kappa shape index (κ3) is 3.20. The zero-order valence-corrected chi connectivity index (χ0v) is 8.44. The molecule has 0 spiro atoms. The molecule has 4 nitrogen and oxygen atoms in total. The van der Waals surface area contributed by atoms with E-state index in [1.54, 1.807) is 6.20 Å². The normalized spacial score (nSPS) is 10.4. The number of hydrogen-bond acceptors (Lipinski definition) is 2.